The highest BCUT2D eigenvalue weighted by molar-refractivity contribution is 7.89. The summed E-state index contributed by atoms with van der Waals surface area (Å²) >= 11 is 0. The maximum Gasteiger partial charge on any atom is 0.416 e. The fourth-order valence-electron chi connectivity index (χ4n) is 2.51. The molecule has 1 aromatic carbocycles. The molecule has 29 heavy (non-hydrogen) atoms. The minimum atomic E-state index is -4.54. The first-order valence-electron chi connectivity index (χ1n) is 8.46. The van der Waals surface area contributed by atoms with E-state index in [4.69, 9.17) is 4.42 Å². The molecule has 3 aromatic rings. The average molecular weight is 427 g/mol. The lowest BCUT2D eigenvalue weighted by atomic mass is 10.2. The van der Waals surface area contributed by atoms with Gasteiger partial charge in [-0.3, -0.25) is 4.79 Å². The normalized spacial score (nSPS) is 12.2. The Labute approximate surface area is 163 Å². The van der Waals surface area contributed by atoms with Crippen molar-refractivity contribution in [2.24, 2.45) is 0 Å². The molecule has 0 spiro atoms. The van der Waals surface area contributed by atoms with Crippen LogP contribution in [0.3, 0.4) is 0 Å². The summed E-state index contributed by atoms with van der Waals surface area (Å²) in [5.41, 5.74) is -0.829. The van der Waals surface area contributed by atoms with Gasteiger partial charge in [0.05, 0.1) is 16.7 Å². The van der Waals surface area contributed by atoms with E-state index in [9.17, 15) is 26.4 Å². The van der Waals surface area contributed by atoms with Crippen molar-refractivity contribution < 1.29 is 26.0 Å². The SMILES string of the molecule is O=c1ccc(-c2ccco2)nn1CCCNS(=O)(=O)c1ccc(C(F)(F)F)cc1. The maximum atomic E-state index is 12.6. The molecule has 0 atom stereocenters. The molecule has 154 valence electrons. The molecule has 0 aliphatic heterocycles. The standard InChI is InChI=1S/C18H16F3N3O4S/c19-18(20,21)13-4-6-14(7-5-13)29(26,27)22-10-2-11-24-17(25)9-8-15(23-24)16-3-1-12-28-16/h1,3-9,12,22H,2,10-11H2. The number of sulfonamides is 1. The fourth-order valence-corrected chi connectivity index (χ4v) is 3.58. The molecule has 2 aromatic heterocycles. The molecule has 2 heterocycles. The smallest absolute Gasteiger partial charge is 0.416 e. The van der Waals surface area contributed by atoms with E-state index in [2.05, 4.69) is 9.82 Å². The van der Waals surface area contributed by atoms with Gasteiger partial charge in [0.25, 0.3) is 5.56 Å². The molecular formula is C18H16F3N3O4S. The van der Waals surface area contributed by atoms with Crippen LogP contribution in [0.2, 0.25) is 0 Å². The van der Waals surface area contributed by atoms with Crippen LogP contribution in [-0.2, 0) is 22.7 Å². The van der Waals surface area contributed by atoms with E-state index < -0.39 is 21.8 Å². The van der Waals surface area contributed by atoms with Crippen LogP contribution in [0.1, 0.15) is 12.0 Å². The Bertz CT molecular complexity index is 1120. The number of rotatable bonds is 7. The third kappa shape index (κ3) is 5.12. The van der Waals surface area contributed by atoms with Gasteiger partial charge in [0, 0.05) is 19.2 Å². The molecule has 7 nitrogen and oxygen atoms in total. The Morgan fingerprint density at radius 3 is 2.41 bits per heavy atom. The number of furan rings is 1. The molecule has 0 aliphatic rings. The Morgan fingerprint density at radius 1 is 1.07 bits per heavy atom. The highest BCUT2D eigenvalue weighted by atomic mass is 32.2. The van der Waals surface area contributed by atoms with Crippen molar-refractivity contribution in [3.63, 3.8) is 0 Å². The van der Waals surface area contributed by atoms with E-state index in [0.717, 1.165) is 12.1 Å². The quantitative estimate of drug-likeness (QED) is 0.585. The topological polar surface area (TPSA) is 94.2 Å². The Balaban J connectivity index is 1.60. The predicted octanol–water partition coefficient (Wildman–Crippen LogP) is 2.89. The van der Waals surface area contributed by atoms with E-state index in [-0.39, 0.29) is 30.0 Å². The number of halogens is 3. The molecule has 0 bridgehead atoms. The van der Waals surface area contributed by atoms with Crippen LogP contribution in [0.5, 0.6) is 0 Å². The first-order valence-corrected chi connectivity index (χ1v) is 9.94. The number of alkyl halides is 3. The molecule has 11 heteroatoms. The van der Waals surface area contributed by atoms with Gasteiger partial charge in [-0.2, -0.15) is 18.3 Å². The largest absolute Gasteiger partial charge is 0.463 e. The van der Waals surface area contributed by atoms with E-state index in [0.29, 0.717) is 23.6 Å². The number of aryl methyl sites for hydroxylation is 1. The van der Waals surface area contributed by atoms with Crippen LogP contribution in [0.15, 0.2) is 68.9 Å². The number of benzene rings is 1. The van der Waals surface area contributed by atoms with Crippen molar-refractivity contribution in [3.8, 4) is 11.5 Å². The minimum Gasteiger partial charge on any atom is -0.463 e. The third-order valence-corrected chi connectivity index (χ3v) is 5.45. The van der Waals surface area contributed by atoms with Gasteiger partial charge in [0.2, 0.25) is 10.0 Å². The molecule has 0 saturated carbocycles. The first kappa shape index (κ1) is 20.8. The van der Waals surface area contributed by atoms with E-state index in [1.165, 1.54) is 23.1 Å². The van der Waals surface area contributed by atoms with Crippen molar-refractivity contribution in [2.45, 2.75) is 24.0 Å². The second-order valence-electron chi connectivity index (χ2n) is 6.03. The second-order valence-corrected chi connectivity index (χ2v) is 7.80. The summed E-state index contributed by atoms with van der Waals surface area (Å²) in [6.45, 7) is 0.116. The van der Waals surface area contributed by atoms with Crippen LogP contribution < -0.4 is 10.3 Å². The zero-order valence-corrected chi connectivity index (χ0v) is 15.7. The van der Waals surface area contributed by atoms with Crippen LogP contribution in [-0.4, -0.2) is 24.7 Å². The Morgan fingerprint density at radius 2 is 1.79 bits per heavy atom. The van der Waals surface area contributed by atoms with Crippen LogP contribution in [0, 0.1) is 0 Å². The van der Waals surface area contributed by atoms with Gasteiger partial charge in [-0.1, -0.05) is 0 Å². The highest BCUT2D eigenvalue weighted by Crippen LogP contribution is 2.29. The van der Waals surface area contributed by atoms with Crippen molar-refractivity contribution in [1.82, 2.24) is 14.5 Å². The molecule has 0 unspecified atom stereocenters. The highest BCUT2D eigenvalue weighted by Gasteiger charge is 2.30. The lowest BCUT2D eigenvalue weighted by Crippen LogP contribution is -2.28. The second kappa shape index (κ2) is 8.21. The molecule has 0 aliphatic carbocycles. The summed E-state index contributed by atoms with van der Waals surface area (Å²) in [5.74, 6) is 0.488. The lowest BCUT2D eigenvalue weighted by molar-refractivity contribution is -0.137. The van der Waals surface area contributed by atoms with Crippen molar-refractivity contribution in [1.29, 1.82) is 0 Å². The number of hydrogen-bond acceptors (Lipinski definition) is 5. The van der Waals surface area contributed by atoms with Gasteiger partial charge in [-0.15, -0.1) is 0 Å². The molecular weight excluding hydrogens is 411 g/mol. The van der Waals surface area contributed by atoms with Crippen molar-refractivity contribution in [2.75, 3.05) is 6.54 Å². The minimum absolute atomic E-state index is 0.0253. The summed E-state index contributed by atoms with van der Waals surface area (Å²) in [5, 5.41) is 4.17. The lowest BCUT2D eigenvalue weighted by Gasteiger charge is -2.10. The van der Waals surface area contributed by atoms with E-state index in [1.807, 2.05) is 0 Å². The Hall–Kier alpha value is -2.92. The summed E-state index contributed by atoms with van der Waals surface area (Å²) in [6, 6.07) is 9.42. The first-order chi connectivity index (χ1) is 13.7. The zero-order valence-electron chi connectivity index (χ0n) is 14.9. The van der Waals surface area contributed by atoms with Crippen molar-refractivity contribution >= 4 is 10.0 Å². The number of hydrogen-bond donors (Lipinski definition) is 1. The zero-order chi connectivity index (χ0) is 21.1. The molecule has 0 fully saturated rings. The van der Waals surface area contributed by atoms with Gasteiger partial charge in [-0.25, -0.2) is 17.8 Å². The third-order valence-electron chi connectivity index (χ3n) is 3.97. The van der Waals surface area contributed by atoms with Gasteiger partial charge in [-0.05, 0) is 48.9 Å². The monoisotopic (exact) mass is 427 g/mol. The van der Waals surface area contributed by atoms with Gasteiger partial charge < -0.3 is 4.42 Å². The number of aromatic nitrogens is 2. The average Bonchev–Trinajstić information content (AvgIpc) is 3.21. The molecule has 0 radical (unpaired) electrons. The van der Waals surface area contributed by atoms with Gasteiger partial charge >= 0.3 is 6.18 Å². The Kier molecular flexibility index (Phi) is 5.89. The van der Waals surface area contributed by atoms with Crippen molar-refractivity contribution in [3.05, 3.63) is 70.7 Å². The molecule has 0 amide bonds. The summed E-state index contributed by atoms with van der Waals surface area (Å²) < 4.78 is 70.8. The van der Waals surface area contributed by atoms with E-state index in [1.54, 1.807) is 12.1 Å². The maximum absolute atomic E-state index is 12.6. The van der Waals surface area contributed by atoms with Crippen LogP contribution in [0.4, 0.5) is 13.2 Å². The molecule has 1 N–H and O–H groups in total. The van der Waals surface area contributed by atoms with E-state index >= 15 is 0 Å². The summed E-state index contributed by atoms with van der Waals surface area (Å²) in [4.78, 5) is 11.6. The summed E-state index contributed by atoms with van der Waals surface area (Å²) in [6.07, 6.45) is -2.82. The summed E-state index contributed by atoms with van der Waals surface area (Å²) in [7, 11) is -3.97. The van der Waals surface area contributed by atoms with Gasteiger partial charge in [0.1, 0.15) is 5.69 Å². The predicted molar refractivity (Wildman–Crippen MR) is 97.4 cm³/mol. The van der Waals surface area contributed by atoms with Crippen LogP contribution in [0.25, 0.3) is 11.5 Å². The number of nitrogens with one attached hydrogen (secondary N) is 1. The fraction of sp³-hybridized carbons (Fsp3) is 0.222. The molecule has 0 saturated heterocycles. The van der Waals surface area contributed by atoms with Crippen LogP contribution >= 0.6 is 0 Å². The number of nitrogens with zero attached hydrogens (tertiary/aromatic N) is 2. The van der Waals surface area contributed by atoms with Gasteiger partial charge in [0.15, 0.2) is 5.76 Å². The molecule has 3 rings (SSSR count).